The standard InChI is InChI=1S/C17H17ClF2N2O5S/c1-26-15-7-10(3-6-14(15)27-17(19)20)9-21-16(23)11-4-5-12(18)13(8-11)22-28(2,24)25/h3-8,17,22H,9H2,1-2H3,(H,21,23). The first-order valence-corrected chi connectivity index (χ1v) is 10.0. The zero-order valence-electron chi connectivity index (χ0n) is 14.8. The predicted molar refractivity (Wildman–Crippen MR) is 101 cm³/mol. The Morgan fingerprint density at radius 3 is 2.50 bits per heavy atom. The third kappa shape index (κ3) is 6.24. The number of nitrogens with one attached hydrogen (secondary N) is 2. The molecule has 0 radical (unpaired) electrons. The molecule has 7 nitrogen and oxygen atoms in total. The Balaban J connectivity index is 2.11. The second-order valence-electron chi connectivity index (χ2n) is 5.62. The Morgan fingerprint density at radius 1 is 1.18 bits per heavy atom. The fourth-order valence-corrected chi connectivity index (χ4v) is 3.03. The van der Waals surface area contributed by atoms with Gasteiger partial charge >= 0.3 is 6.61 Å². The number of sulfonamides is 1. The van der Waals surface area contributed by atoms with Crippen LogP contribution in [0.5, 0.6) is 11.5 Å². The van der Waals surface area contributed by atoms with Crippen molar-refractivity contribution in [3.8, 4) is 11.5 Å². The van der Waals surface area contributed by atoms with Crippen LogP contribution in [0.2, 0.25) is 5.02 Å². The van der Waals surface area contributed by atoms with Gasteiger partial charge in [0.05, 0.1) is 24.1 Å². The zero-order valence-corrected chi connectivity index (χ0v) is 16.4. The summed E-state index contributed by atoms with van der Waals surface area (Å²) in [7, 11) is -2.26. The highest BCUT2D eigenvalue weighted by molar-refractivity contribution is 7.92. The van der Waals surface area contributed by atoms with Crippen molar-refractivity contribution in [2.75, 3.05) is 18.1 Å². The summed E-state index contributed by atoms with van der Waals surface area (Å²) in [5, 5.41) is 2.77. The van der Waals surface area contributed by atoms with Gasteiger partial charge in [-0.1, -0.05) is 17.7 Å². The molecule has 0 aliphatic heterocycles. The molecule has 1 amide bonds. The Hall–Kier alpha value is -2.59. The maximum absolute atomic E-state index is 12.4. The second kappa shape index (κ2) is 9.07. The largest absolute Gasteiger partial charge is 0.493 e. The molecule has 0 saturated heterocycles. The lowest BCUT2D eigenvalue weighted by molar-refractivity contribution is -0.0512. The topological polar surface area (TPSA) is 93.7 Å². The number of methoxy groups -OCH3 is 1. The lowest BCUT2D eigenvalue weighted by atomic mass is 10.1. The molecule has 0 fully saturated rings. The van der Waals surface area contributed by atoms with Gasteiger partial charge in [0.15, 0.2) is 11.5 Å². The van der Waals surface area contributed by atoms with Crippen LogP contribution in [-0.2, 0) is 16.6 Å². The van der Waals surface area contributed by atoms with E-state index in [1.807, 2.05) is 0 Å². The van der Waals surface area contributed by atoms with Gasteiger partial charge in [-0.3, -0.25) is 9.52 Å². The van der Waals surface area contributed by atoms with Gasteiger partial charge in [0.25, 0.3) is 5.91 Å². The molecule has 152 valence electrons. The molecule has 0 spiro atoms. The lowest BCUT2D eigenvalue weighted by Crippen LogP contribution is -2.23. The van der Waals surface area contributed by atoms with Gasteiger partial charge in [0, 0.05) is 12.1 Å². The van der Waals surface area contributed by atoms with Gasteiger partial charge in [-0.05, 0) is 35.9 Å². The fraction of sp³-hybridized carbons (Fsp3) is 0.235. The highest BCUT2D eigenvalue weighted by Crippen LogP contribution is 2.29. The van der Waals surface area contributed by atoms with Crippen molar-refractivity contribution in [1.82, 2.24) is 5.32 Å². The molecular formula is C17H17ClF2N2O5S. The Kier molecular flexibility index (Phi) is 7.03. The summed E-state index contributed by atoms with van der Waals surface area (Å²) >= 11 is 5.93. The molecule has 2 rings (SSSR count). The number of amides is 1. The van der Waals surface area contributed by atoms with Crippen LogP contribution in [0.15, 0.2) is 36.4 Å². The molecular weight excluding hydrogens is 418 g/mol. The summed E-state index contributed by atoms with van der Waals surface area (Å²) in [6.45, 7) is -2.92. The van der Waals surface area contributed by atoms with E-state index >= 15 is 0 Å². The summed E-state index contributed by atoms with van der Waals surface area (Å²) in [5.41, 5.74) is 0.836. The van der Waals surface area contributed by atoms with E-state index in [0.29, 0.717) is 5.56 Å². The van der Waals surface area contributed by atoms with E-state index in [-0.39, 0.29) is 34.3 Å². The number of carbonyl (C=O) groups is 1. The number of carbonyl (C=O) groups excluding carboxylic acids is 1. The summed E-state index contributed by atoms with van der Waals surface area (Å²) in [4.78, 5) is 12.3. The predicted octanol–water partition coefficient (Wildman–Crippen LogP) is 3.25. The van der Waals surface area contributed by atoms with Crippen molar-refractivity contribution in [2.45, 2.75) is 13.2 Å². The van der Waals surface area contributed by atoms with Crippen LogP contribution in [0.25, 0.3) is 0 Å². The van der Waals surface area contributed by atoms with Crippen LogP contribution >= 0.6 is 11.6 Å². The van der Waals surface area contributed by atoms with Crippen LogP contribution in [0.3, 0.4) is 0 Å². The van der Waals surface area contributed by atoms with Gasteiger partial charge < -0.3 is 14.8 Å². The molecule has 0 aliphatic carbocycles. The van der Waals surface area contributed by atoms with E-state index in [1.54, 1.807) is 0 Å². The summed E-state index contributed by atoms with van der Waals surface area (Å²) in [6.07, 6.45) is 0.963. The SMILES string of the molecule is COc1cc(CNC(=O)c2ccc(Cl)c(NS(C)(=O)=O)c2)ccc1OC(F)F. The number of ether oxygens (including phenoxy) is 2. The molecule has 0 atom stereocenters. The van der Waals surface area contributed by atoms with E-state index in [2.05, 4.69) is 14.8 Å². The molecule has 2 aromatic carbocycles. The highest BCUT2D eigenvalue weighted by Gasteiger charge is 2.14. The summed E-state index contributed by atoms with van der Waals surface area (Å²) in [5.74, 6) is -0.514. The molecule has 0 aromatic heterocycles. The third-order valence-electron chi connectivity index (χ3n) is 3.42. The number of benzene rings is 2. The molecule has 0 aliphatic rings. The number of hydrogen-bond donors (Lipinski definition) is 2. The van der Waals surface area contributed by atoms with Crippen LogP contribution in [0.1, 0.15) is 15.9 Å². The molecule has 11 heteroatoms. The van der Waals surface area contributed by atoms with Crippen molar-refractivity contribution >= 4 is 33.2 Å². The van der Waals surface area contributed by atoms with Gasteiger partial charge in [-0.15, -0.1) is 0 Å². The molecule has 0 bridgehead atoms. The van der Waals surface area contributed by atoms with Crippen molar-refractivity contribution in [3.05, 3.63) is 52.5 Å². The zero-order chi connectivity index (χ0) is 20.9. The third-order valence-corrected chi connectivity index (χ3v) is 4.34. The van der Waals surface area contributed by atoms with E-state index in [4.69, 9.17) is 16.3 Å². The average molecular weight is 435 g/mol. The number of hydrogen-bond acceptors (Lipinski definition) is 5. The molecule has 0 saturated carbocycles. The maximum Gasteiger partial charge on any atom is 0.387 e. The monoisotopic (exact) mass is 434 g/mol. The fourth-order valence-electron chi connectivity index (χ4n) is 2.24. The van der Waals surface area contributed by atoms with E-state index in [9.17, 15) is 22.0 Å². The molecule has 0 heterocycles. The first-order chi connectivity index (χ1) is 13.1. The smallest absolute Gasteiger partial charge is 0.387 e. The van der Waals surface area contributed by atoms with Crippen LogP contribution < -0.4 is 19.5 Å². The molecule has 28 heavy (non-hydrogen) atoms. The minimum Gasteiger partial charge on any atom is -0.493 e. The van der Waals surface area contributed by atoms with Crippen molar-refractivity contribution in [1.29, 1.82) is 0 Å². The van der Waals surface area contributed by atoms with Gasteiger partial charge in [-0.2, -0.15) is 8.78 Å². The summed E-state index contributed by atoms with van der Waals surface area (Å²) in [6, 6.07) is 8.39. The lowest BCUT2D eigenvalue weighted by Gasteiger charge is -2.12. The average Bonchev–Trinajstić information content (AvgIpc) is 2.60. The normalized spacial score (nSPS) is 11.2. The Morgan fingerprint density at radius 2 is 1.89 bits per heavy atom. The van der Waals surface area contributed by atoms with Crippen molar-refractivity contribution in [3.63, 3.8) is 0 Å². The van der Waals surface area contributed by atoms with E-state index < -0.39 is 22.5 Å². The van der Waals surface area contributed by atoms with Crippen LogP contribution in [-0.4, -0.2) is 34.3 Å². The molecule has 2 N–H and O–H groups in total. The number of rotatable bonds is 8. The first-order valence-electron chi connectivity index (χ1n) is 7.76. The molecule has 0 unspecified atom stereocenters. The van der Waals surface area contributed by atoms with Crippen molar-refractivity contribution < 1.29 is 31.5 Å². The van der Waals surface area contributed by atoms with E-state index in [1.165, 1.54) is 43.5 Å². The minimum atomic E-state index is -3.56. The Bertz CT molecular complexity index is 970. The summed E-state index contributed by atoms with van der Waals surface area (Å²) < 4.78 is 59.0. The highest BCUT2D eigenvalue weighted by atomic mass is 35.5. The van der Waals surface area contributed by atoms with E-state index in [0.717, 1.165) is 6.26 Å². The quantitative estimate of drug-likeness (QED) is 0.665. The van der Waals surface area contributed by atoms with Crippen LogP contribution in [0.4, 0.5) is 14.5 Å². The van der Waals surface area contributed by atoms with Crippen molar-refractivity contribution in [2.24, 2.45) is 0 Å². The first kappa shape index (κ1) is 21.7. The van der Waals surface area contributed by atoms with Gasteiger partial charge in [0.1, 0.15) is 0 Å². The van der Waals surface area contributed by atoms with Crippen LogP contribution in [0, 0.1) is 0 Å². The van der Waals surface area contributed by atoms with Gasteiger partial charge in [-0.25, -0.2) is 8.42 Å². The maximum atomic E-state index is 12.4. The second-order valence-corrected chi connectivity index (χ2v) is 7.77. The van der Waals surface area contributed by atoms with Gasteiger partial charge in [0.2, 0.25) is 10.0 Å². The number of anilines is 1. The minimum absolute atomic E-state index is 0.0710. The number of halogens is 3. The number of alkyl halides is 2. The Labute approximate surface area is 165 Å². The molecule has 2 aromatic rings.